The topological polar surface area (TPSA) is 104 Å². The van der Waals surface area contributed by atoms with E-state index in [2.05, 4.69) is 16.4 Å². The molecule has 2 heterocycles. The van der Waals surface area contributed by atoms with Gasteiger partial charge in [0, 0.05) is 24.5 Å². The first-order chi connectivity index (χ1) is 12.3. The smallest absolute Gasteiger partial charge is 0.410 e. The first kappa shape index (κ1) is 17.8. The van der Waals surface area contributed by atoms with Crippen LogP contribution >= 0.6 is 0 Å². The second-order valence-corrected chi connectivity index (χ2v) is 7.49. The van der Waals surface area contributed by atoms with E-state index < -0.39 is 5.60 Å². The maximum absolute atomic E-state index is 12.2. The molecule has 1 fully saturated rings. The molecule has 1 atom stereocenters. The number of nitriles is 1. The predicted octanol–water partition coefficient (Wildman–Crippen LogP) is 3.11. The van der Waals surface area contributed by atoms with E-state index in [4.69, 9.17) is 15.7 Å². The van der Waals surface area contributed by atoms with Gasteiger partial charge < -0.3 is 20.7 Å². The maximum atomic E-state index is 12.2. The third-order valence-corrected chi connectivity index (χ3v) is 4.21. The fraction of sp³-hybridized carbons (Fsp3) is 0.421. The van der Waals surface area contributed by atoms with Crippen molar-refractivity contribution in [3.8, 4) is 6.07 Å². The monoisotopic (exact) mass is 353 g/mol. The number of nitrogens with one attached hydrogen (secondary N) is 1. The van der Waals surface area contributed by atoms with Crippen molar-refractivity contribution < 1.29 is 9.53 Å². The molecule has 3 N–H and O–H groups in total. The fourth-order valence-electron chi connectivity index (χ4n) is 3.01. The van der Waals surface area contributed by atoms with Gasteiger partial charge in [-0.15, -0.1) is 0 Å². The summed E-state index contributed by atoms with van der Waals surface area (Å²) in [7, 11) is 0. The summed E-state index contributed by atoms with van der Waals surface area (Å²) in [6.45, 7) is 6.73. The van der Waals surface area contributed by atoms with Gasteiger partial charge in [0.15, 0.2) is 0 Å². The summed E-state index contributed by atoms with van der Waals surface area (Å²) in [6, 6.07) is 7.51. The number of aromatic nitrogens is 1. The highest BCUT2D eigenvalue weighted by atomic mass is 16.6. The number of likely N-dealkylation sites (tertiary alicyclic amines) is 1. The van der Waals surface area contributed by atoms with Gasteiger partial charge in [0.25, 0.3) is 0 Å². The minimum Gasteiger partial charge on any atom is -0.444 e. The largest absolute Gasteiger partial charge is 0.444 e. The van der Waals surface area contributed by atoms with E-state index in [9.17, 15) is 4.79 Å². The second kappa shape index (κ2) is 6.71. The van der Waals surface area contributed by atoms with Crippen LogP contribution in [0.2, 0.25) is 0 Å². The molecule has 2 aromatic rings. The van der Waals surface area contributed by atoms with Gasteiger partial charge in [-0.2, -0.15) is 5.26 Å². The number of hydrogen-bond donors (Lipinski definition) is 2. The van der Waals surface area contributed by atoms with Crippen molar-refractivity contribution >= 4 is 28.4 Å². The number of nitrogen functional groups attached to an aromatic ring is 1. The summed E-state index contributed by atoms with van der Waals surface area (Å²) in [4.78, 5) is 18.2. The molecule has 0 unspecified atom stereocenters. The van der Waals surface area contributed by atoms with Gasteiger partial charge in [0.1, 0.15) is 5.60 Å². The van der Waals surface area contributed by atoms with Gasteiger partial charge in [-0.05, 0) is 45.4 Å². The quantitative estimate of drug-likeness (QED) is 0.859. The summed E-state index contributed by atoms with van der Waals surface area (Å²) >= 11 is 0. The molecule has 1 amide bonds. The van der Waals surface area contributed by atoms with Crippen LogP contribution in [0.15, 0.2) is 24.4 Å². The number of benzene rings is 1. The molecule has 0 saturated carbocycles. The van der Waals surface area contributed by atoms with Crippen molar-refractivity contribution in [1.82, 2.24) is 9.88 Å². The number of amides is 1. The molecule has 1 aliphatic rings. The normalized spacial score (nSPS) is 17.2. The minimum absolute atomic E-state index is 0.0566. The Bertz CT molecular complexity index is 882. The van der Waals surface area contributed by atoms with E-state index in [1.807, 2.05) is 20.8 Å². The van der Waals surface area contributed by atoms with E-state index in [-0.39, 0.29) is 12.1 Å². The summed E-state index contributed by atoms with van der Waals surface area (Å²) in [5.41, 5.74) is 8.20. The lowest BCUT2D eigenvalue weighted by Crippen LogP contribution is -2.36. The molecular formula is C19H23N5O2. The Hall–Kier alpha value is -3.01. The number of carbonyl (C=O) groups excluding carboxylic acids is 1. The van der Waals surface area contributed by atoms with Crippen molar-refractivity contribution in [2.45, 2.75) is 38.8 Å². The first-order valence-corrected chi connectivity index (χ1v) is 8.59. The molecule has 1 saturated heterocycles. The molecule has 0 radical (unpaired) electrons. The van der Waals surface area contributed by atoms with Crippen molar-refractivity contribution in [3.05, 3.63) is 30.0 Å². The van der Waals surface area contributed by atoms with E-state index >= 15 is 0 Å². The Morgan fingerprint density at radius 1 is 1.46 bits per heavy atom. The number of carbonyl (C=O) groups is 1. The van der Waals surface area contributed by atoms with Crippen molar-refractivity contribution in [1.29, 1.82) is 5.26 Å². The van der Waals surface area contributed by atoms with E-state index in [0.717, 1.165) is 23.0 Å². The van der Waals surface area contributed by atoms with E-state index in [1.54, 1.807) is 29.3 Å². The third-order valence-electron chi connectivity index (χ3n) is 4.21. The Kier molecular flexibility index (Phi) is 4.60. The number of anilines is 2. The predicted molar refractivity (Wildman–Crippen MR) is 101 cm³/mol. The highest BCUT2D eigenvalue weighted by Crippen LogP contribution is 2.30. The number of fused-ring (bicyclic) bond motifs is 1. The maximum Gasteiger partial charge on any atom is 0.410 e. The number of nitrogens with zero attached hydrogens (tertiary/aromatic N) is 3. The molecule has 0 bridgehead atoms. The highest BCUT2D eigenvalue weighted by Gasteiger charge is 2.30. The van der Waals surface area contributed by atoms with E-state index in [1.165, 1.54) is 0 Å². The summed E-state index contributed by atoms with van der Waals surface area (Å²) in [5.74, 6) is 0. The standard InChI is InChI=1S/C19H23N5O2/c1-19(2,3)26-18(25)24-7-6-13(11-24)23-17-14-8-12(9-20)4-5-16(14)22-10-15(17)21/h4-5,8,10,13H,6-7,11,21H2,1-3H3,(H,22,23)/t13-/m1/s1. The van der Waals surface area contributed by atoms with Gasteiger partial charge >= 0.3 is 6.09 Å². The van der Waals surface area contributed by atoms with Gasteiger partial charge in [0.05, 0.1) is 34.7 Å². The molecule has 0 spiro atoms. The first-order valence-electron chi connectivity index (χ1n) is 8.59. The zero-order valence-corrected chi connectivity index (χ0v) is 15.2. The van der Waals surface area contributed by atoms with Crippen LogP contribution in [0.5, 0.6) is 0 Å². The second-order valence-electron chi connectivity index (χ2n) is 7.49. The Morgan fingerprint density at radius 2 is 2.23 bits per heavy atom. The third kappa shape index (κ3) is 3.80. The summed E-state index contributed by atoms with van der Waals surface area (Å²) in [5, 5.41) is 13.4. The van der Waals surface area contributed by atoms with Crippen molar-refractivity contribution in [3.63, 3.8) is 0 Å². The number of nitrogens with two attached hydrogens (primary N) is 1. The Morgan fingerprint density at radius 3 is 2.92 bits per heavy atom. The minimum atomic E-state index is -0.512. The highest BCUT2D eigenvalue weighted by molar-refractivity contribution is 5.97. The number of hydrogen-bond acceptors (Lipinski definition) is 6. The molecule has 3 rings (SSSR count). The van der Waals surface area contributed by atoms with Gasteiger partial charge in [0.2, 0.25) is 0 Å². The molecule has 1 aromatic heterocycles. The van der Waals surface area contributed by atoms with Crippen LogP contribution in [0.4, 0.5) is 16.2 Å². The Balaban J connectivity index is 1.79. The molecule has 1 aromatic carbocycles. The molecule has 7 heteroatoms. The molecular weight excluding hydrogens is 330 g/mol. The average molecular weight is 353 g/mol. The van der Waals surface area contributed by atoms with Crippen molar-refractivity contribution in [2.24, 2.45) is 0 Å². The van der Waals surface area contributed by atoms with Crippen LogP contribution in [0.25, 0.3) is 10.9 Å². The van der Waals surface area contributed by atoms with Crippen LogP contribution in [-0.4, -0.2) is 40.7 Å². The number of rotatable bonds is 2. The van der Waals surface area contributed by atoms with Gasteiger partial charge in [-0.3, -0.25) is 4.98 Å². The lowest BCUT2D eigenvalue weighted by Gasteiger charge is -2.24. The molecule has 1 aliphatic heterocycles. The summed E-state index contributed by atoms with van der Waals surface area (Å²) < 4.78 is 5.43. The van der Waals surface area contributed by atoms with Crippen molar-refractivity contribution in [2.75, 3.05) is 24.1 Å². The Labute approximate surface area is 152 Å². The SMILES string of the molecule is CC(C)(C)OC(=O)N1CC[C@@H](Nc2c(N)cnc3ccc(C#N)cc23)C1. The molecule has 0 aliphatic carbocycles. The number of ether oxygens (including phenoxy) is 1. The van der Waals surface area contributed by atoms with Crippen LogP contribution in [0.1, 0.15) is 32.8 Å². The van der Waals surface area contributed by atoms with Crippen LogP contribution in [0.3, 0.4) is 0 Å². The summed E-state index contributed by atoms with van der Waals surface area (Å²) in [6.07, 6.45) is 2.10. The average Bonchev–Trinajstić information content (AvgIpc) is 3.04. The van der Waals surface area contributed by atoms with Gasteiger partial charge in [-0.25, -0.2) is 4.79 Å². The lowest BCUT2D eigenvalue weighted by atomic mass is 10.1. The fourth-order valence-corrected chi connectivity index (χ4v) is 3.01. The van der Waals surface area contributed by atoms with Crippen LogP contribution in [-0.2, 0) is 4.74 Å². The van der Waals surface area contributed by atoms with E-state index in [0.29, 0.717) is 24.3 Å². The lowest BCUT2D eigenvalue weighted by molar-refractivity contribution is 0.0293. The van der Waals surface area contributed by atoms with Gasteiger partial charge in [-0.1, -0.05) is 0 Å². The zero-order chi connectivity index (χ0) is 18.9. The number of pyridine rings is 1. The molecule has 26 heavy (non-hydrogen) atoms. The zero-order valence-electron chi connectivity index (χ0n) is 15.2. The van der Waals surface area contributed by atoms with Crippen LogP contribution < -0.4 is 11.1 Å². The molecule has 136 valence electrons. The van der Waals surface area contributed by atoms with Crippen LogP contribution in [0, 0.1) is 11.3 Å². The molecule has 7 nitrogen and oxygen atoms in total.